The van der Waals surface area contributed by atoms with Gasteiger partial charge < -0.3 is 10.6 Å². The summed E-state index contributed by atoms with van der Waals surface area (Å²) in [5.41, 5.74) is 1.43. The molecule has 0 aromatic heterocycles. The molecule has 0 spiro atoms. The Morgan fingerprint density at radius 1 is 0.700 bits per heavy atom. The lowest BCUT2D eigenvalue weighted by Gasteiger charge is -2.04. The summed E-state index contributed by atoms with van der Waals surface area (Å²) in [6, 6.07) is 10.1. The van der Waals surface area contributed by atoms with Crippen LogP contribution in [0.5, 0.6) is 0 Å². The Morgan fingerprint density at radius 3 is 1.47 bits per heavy atom. The molecule has 0 radical (unpaired) electrons. The van der Waals surface area contributed by atoms with Crippen LogP contribution in [0.4, 0.5) is 0 Å². The predicted octanol–water partition coefficient (Wildman–Crippen LogP) is 6.04. The first-order valence-corrected chi connectivity index (χ1v) is 10.7. The molecule has 0 bridgehead atoms. The van der Waals surface area contributed by atoms with Crippen molar-refractivity contribution in [2.24, 2.45) is 0 Å². The Morgan fingerprint density at radius 2 is 1.10 bits per heavy atom. The largest absolute Gasteiger partial charge is 0.353 e. The van der Waals surface area contributed by atoms with Gasteiger partial charge in [0.25, 0.3) is 0 Å². The van der Waals surface area contributed by atoms with Crippen LogP contribution in [0.15, 0.2) is 48.6 Å². The number of nitrogens with one attached hydrogen (secondary N) is 2. The van der Waals surface area contributed by atoms with E-state index in [1.54, 1.807) is 48.6 Å². The molecule has 0 atom stereocenters. The van der Waals surface area contributed by atoms with Gasteiger partial charge in [0.2, 0.25) is 11.8 Å². The van der Waals surface area contributed by atoms with Gasteiger partial charge in [-0.25, -0.2) is 0 Å². The number of hydrogen-bond donors (Lipinski definition) is 2. The smallest absolute Gasteiger partial charge is 0.243 e. The number of benzene rings is 2. The van der Waals surface area contributed by atoms with Crippen LogP contribution in [0.3, 0.4) is 0 Å². The molecular weight excluding hydrogens is 466 g/mol. The lowest BCUT2D eigenvalue weighted by molar-refractivity contribution is -0.117. The van der Waals surface area contributed by atoms with Crippen molar-refractivity contribution >= 4 is 70.4 Å². The molecule has 0 aliphatic heterocycles. The standard InChI is InChI=1S/C22H20Cl4N2O2/c23-17-7-3-15(19(25)13-17)5-9-21(29)27-11-1-2-12-28-22(30)10-6-16-4-8-18(24)14-20(16)26/h3-10,13-14H,1-2,11-12H2,(H,27,29)(H,28,30)/b9-5-,10-6-. The molecule has 0 unspecified atom stereocenters. The van der Waals surface area contributed by atoms with Crippen molar-refractivity contribution in [3.63, 3.8) is 0 Å². The Kier molecular flexibility index (Phi) is 10.2. The van der Waals surface area contributed by atoms with Gasteiger partial charge >= 0.3 is 0 Å². The zero-order chi connectivity index (χ0) is 21.9. The fourth-order valence-corrected chi connectivity index (χ4v) is 3.34. The minimum Gasteiger partial charge on any atom is -0.353 e. The second-order valence-corrected chi connectivity index (χ2v) is 7.97. The average Bonchev–Trinajstić information content (AvgIpc) is 2.69. The average molecular weight is 486 g/mol. The van der Waals surface area contributed by atoms with Crippen molar-refractivity contribution in [3.05, 3.63) is 79.8 Å². The highest BCUT2D eigenvalue weighted by Gasteiger charge is 2.01. The van der Waals surface area contributed by atoms with Crippen molar-refractivity contribution in [1.82, 2.24) is 10.6 Å². The molecule has 2 amide bonds. The van der Waals surface area contributed by atoms with Crippen LogP contribution in [0, 0.1) is 0 Å². The van der Waals surface area contributed by atoms with Crippen LogP contribution in [0.25, 0.3) is 12.2 Å². The van der Waals surface area contributed by atoms with Crippen LogP contribution in [0.2, 0.25) is 20.1 Å². The Hall–Kier alpha value is -1.98. The number of carbonyl (C=O) groups is 2. The maximum absolute atomic E-state index is 11.8. The number of carbonyl (C=O) groups excluding carboxylic acids is 2. The van der Waals surface area contributed by atoms with E-state index in [1.807, 2.05) is 0 Å². The number of rotatable bonds is 9. The van der Waals surface area contributed by atoms with E-state index in [-0.39, 0.29) is 11.8 Å². The molecule has 0 aliphatic carbocycles. The molecule has 8 heteroatoms. The van der Waals surface area contributed by atoms with Gasteiger partial charge in [-0.15, -0.1) is 0 Å². The molecule has 2 rings (SSSR count). The van der Waals surface area contributed by atoms with E-state index >= 15 is 0 Å². The summed E-state index contributed by atoms with van der Waals surface area (Å²) in [6.45, 7) is 1.01. The first kappa shape index (κ1) is 24.3. The molecule has 0 saturated carbocycles. The van der Waals surface area contributed by atoms with Gasteiger partial charge in [0.05, 0.1) is 0 Å². The van der Waals surface area contributed by atoms with Crippen molar-refractivity contribution in [2.75, 3.05) is 13.1 Å². The Labute approximate surface area is 195 Å². The van der Waals surface area contributed by atoms with Crippen molar-refractivity contribution in [2.45, 2.75) is 12.8 Å². The third-order valence-electron chi connectivity index (χ3n) is 3.96. The van der Waals surface area contributed by atoms with Gasteiger partial charge in [-0.2, -0.15) is 0 Å². The number of hydrogen-bond acceptors (Lipinski definition) is 2. The third kappa shape index (κ3) is 8.80. The molecule has 0 aliphatic rings. The molecular formula is C22H20Cl4N2O2. The van der Waals surface area contributed by atoms with Gasteiger partial charge in [-0.05, 0) is 60.4 Å². The first-order valence-electron chi connectivity index (χ1n) is 9.17. The quantitative estimate of drug-likeness (QED) is 0.336. The summed E-state index contributed by atoms with van der Waals surface area (Å²) in [6.07, 6.45) is 7.57. The predicted molar refractivity (Wildman–Crippen MR) is 126 cm³/mol. The zero-order valence-electron chi connectivity index (χ0n) is 15.9. The number of unbranched alkanes of at least 4 members (excludes halogenated alkanes) is 1. The highest BCUT2D eigenvalue weighted by molar-refractivity contribution is 6.36. The maximum Gasteiger partial charge on any atom is 0.243 e. The van der Waals surface area contributed by atoms with Crippen molar-refractivity contribution < 1.29 is 9.59 Å². The minimum absolute atomic E-state index is 0.215. The van der Waals surface area contributed by atoms with E-state index in [0.29, 0.717) is 44.3 Å². The fraction of sp³-hybridized carbons (Fsp3) is 0.182. The van der Waals surface area contributed by atoms with Crippen LogP contribution < -0.4 is 10.6 Å². The lowest BCUT2D eigenvalue weighted by Crippen LogP contribution is -2.25. The van der Waals surface area contributed by atoms with Gasteiger partial charge in [0, 0.05) is 45.3 Å². The number of amides is 2. The molecule has 4 nitrogen and oxygen atoms in total. The van der Waals surface area contributed by atoms with Crippen LogP contribution in [-0.4, -0.2) is 24.9 Å². The number of halogens is 4. The highest BCUT2D eigenvalue weighted by Crippen LogP contribution is 2.22. The van der Waals surface area contributed by atoms with Gasteiger partial charge in [0.15, 0.2) is 0 Å². The summed E-state index contributed by atoms with van der Waals surface area (Å²) >= 11 is 23.8. The fourth-order valence-electron chi connectivity index (χ4n) is 2.40. The summed E-state index contributed by atoms with van der Waals surface area (Å²) in [4.78, 5) is 23.7. The third-order valence-corrected chi connectivity index (χ3v) is 5.08. The van der Waals surface area contributed by atoms with E-state index in [9.17, 15) is 9.59 Å². The van der Waals surface area contributed by atoms with E-state index in [1.165, 1.54) is 12.2 Å². The molecule has 0 saturated heterocycles. The van der Waals surface area contributed by atoms with E-state index in [4.69, 9.17) is 46.4 Å². The van der Waals surface area contributed by atoms with Crippen LogP contribution in [-0.2, 0) is 9.59 Å². The van der Waals surface area contributed by atoms with Gasteiger partial charge in [0.1, 0.15) is 0 Å². The van der Waals surface area contributed by atoms with Crippen molar-refractivity contribution in [3.8, 4) is 0 Å². The molecule has 0 heterocycles. The Balaban J connectivity index is 1.62. The topological polar surface area (TPSA) is 58.2 Å². The van der Waals surface area contributed by atoms with Crippen molar-refractivity contribution in [1.29, 1.82) is 0 Å². The van der Waals surface area contributed by atoms with Crippen LogP contribution in [0.1, 0.15) is 24.0 Å². The monoisotopic (exact) mass is 484 g/mol. The highest BCUT2D eigenvalue weighted by atomic mass is 35.5. The Bertz CT molecular complexity index is 881. The SMILES string of the molecule is O=C(/C=C\c1ccc(Cl)cc1Cl)NCCCCNC(=O)/C=C\c1ccc(Cl)cc1Cl. The second kappa shape index (κ2) is 12.7. The molecule has 2 aromatic carbocycles. The first-order chi connectivity index (χ1) is 14.3. The van der Waals surface area contributed by atoms with E-state index in [2.05, 4.69) is 10.6 Å². The summed E-state index contributed by atoms with van der Waals surface area (Å²) in [5, 5.41) is 7.61. The lowest BCUT2D eigenvalue weighted by atomic mass is 10.2. The summed E-state index contributed by atoms with van der Waals surface area (Å²) in [5.74, 6) is -0.430. The summed E-state index contributed by atoms with van der Waals surface area (Å²) < 4.78 is 0. The van der Waals surface area contributed by atoms with Gasteiger partial charge in [-0.3, -0.25) is 9.59 Å². The summed E-state index contributed by atoms with van der Waals surface area (Å²) in [7, 11) is 0. The molecule has 2 aromatic rings. The van der Waals surface area contributed by atoms with Gasteiger partial charge in [-0.1, -0.05) is 58.5 Å². The minimum atomic E-state index is -0.215. The normalized spacial score (nSPS) is 11.2. The van der Waals surface area contributed by atoms with E-state index < -0.39 is 0 Å². The second-order valence-electron chi connectivity index (χ2n) is 6.29. The molecule has 158 valence electrons. The van der Waals surface area contributed by atoms with E-state index in [0.717, 1.165) is 12.8 Å². The molecule has 2 N–H and O–H groups in total. The molecule has 0 fully saturated rings. The maximum atomic E-state index is 11.8. The molecule has 30 heavy (non-hydrogen) atoms. The van der Waals surface area contributed by atoms with Crippen LogP contribution >= 0.6 is 46.4 Å². The zero-order valence-corrected chi connectivity index (χ0v) is 19.0.